The number of aromatic nitrogens is 1. The minimum absolute atomic E-state index is 0.112. The molecule has 2 rings (SSSR count). The number of hydrogen-bond acceptors (Lipinski definition) is 3. The van der Waals surface area contributed by atoms with Crippen LogP contribution in [-0.4, -0.2) is 13.4 Å². The molecule has 0 atom stereocenters. The highest BCUT2D eigenvalue weighted by atomic mass is 79.9. The van der Waals surface area contributed by atoms with E-state index in [1.807, 2.05) is 4.72 Å². The number of H-pyrrole nitrogens is 1. The molecular formula is C11H6BrClF2N2O3S. The van der Waals surface area contributed by atoms with Crippen molar-refractivity contribution in [3.05, 3.63) is 55.9 Å². The molecule has 21 heavy (non-hydrogen) atoms. The maximum absolute atomic E-state index is 13.6. The first-order valence-electron chi connectivity index (χ1n) is 5.26. The fourth-order valence-electron chi connectivity index (χ4n) is 1.43. The van der Waals surface area contributed by atoms with Crippen LogP contribution in [-0.2, 0) is 10.0 Å². The Morgan fingerprint density at radius 1 is 1.24 bits per heavy atom. The summed E-state index contributed by atoms with van der Waals surface area (Å²) in [7, 11) is -4.21. The number of sulfonamides is 1. The molecule has 0 aliphatic rings. The molecule has 0 unspecified atom stereocenters. The van der Waals surface area contributed by atoms with Gasteiger partial charge in [-0.1, -0.05) is 11.6 Å². The van der Waals surface area contributed by atoms with Crippen LogP contribution in [0.1, 0.15) is 0 Å². The first-order chi connectivity index (χ1) is 9.70. The summed E-state index contributed by atoms with van der Waals surface area (Å²) < 4.78 is 52.6. The topological polar surface area (TPSA) is 79.0 Å². The van der Waals surface area contributed by atoms with Gasteiger partial charge in [-0.3, -0.25) is 9.52 Å². The molecule has 0 aliphatic carbocycles. The first kappa shape index (κ1) is 15.9. The normalized spacial score (nSPS) is 11.4. The lowest BCUT2D eigenvalue weighted by Gasteiger charge is -2.11. The van der Waals surface area contributed by atoms with Crippen LogP contribution in [0.2, 0.25) is 5.02 Å². The van der Waals surface area contributed by atoms with E-state index in [4.69, 9.17) is 11.6 Å². The number of anilines is 1. The molecule has 1 aromatic heterocycles. The van der Waals surface area contributed by atoms with E-state index in [9.17, 15) is 22.0 Å². The summed E-state index contributed by atoms with van der Waals surface area (Å²) in [4.78, 5) is 12.8. The SMILES string of the molecule is O=c1[nH]cc(S(=O)(=O)Nc2c(F)cc(F)cc2Br)cc1Cl. The molecule has 0 spiro atoms. The number of nitrogens with one attached hydrogen (secondary N) is 2. The van der Waals surface area contributed by atoms with Gasteiger partial charge in [0.1, 0.15) is 15.7 Å². The molecule has 1 aromatic carbocycles. The summed E-state index contributed by atoms with van der Waals surface area (Å²) >= 11 is 8.40. The summed E-state index contributed by atoms with van der Waals surface area (Å²) in [5, 5.41) is -0.337. The highest BCUT2D eigenvalue weighted by Gasteiger charge is 2.20. The quantitative estimate of drug-likeness (QED) is 0.833. The largest absolute Gasteiger partial charge is 0.326 e. The number of aromatic amines is 1. The monoisotopic (exact) mass is 398 g/mol. The maximum Gasteiger partial charge on any atom is 0.266 e. The highest BCUT2D eigenvalue weighted by molar-refractivity contribution is 9.10. The van der Waals surface area contributed by atoms with Gasteiger partial charge < -0.3 is 4.98 Å². The Kier molecular flexibility index (Phi) is 4.35. The van der Waals surface area contributed by atoms with Gasteiger partial charge in [0.2, 0.25) is 0 Å². The van der Waals surface area contributed by atoms with Gasteiger partial charge in [0.15, 0.2) is 5.82 Å². The van der Waals surface area contributed by atoms with E-state index in [0.29, 0.717) is 6.07 Å². The van der Waals surface area contributed by atoms with Crippen molar-refractivity contribution in [3.63, 3.8) is 0 Å². The van der Waals surface area contributed by atoms with Gasteiger partial charge in [-0.25, -0.2) is 17.2 Å². The number of rotatable bonds is 3. The van der Waals surface area contributed by atoms with Crippen molar-refractivity contribution in [1.29, 1.82) is 0 Å². The molecule has 1 heterocycles. The Bertz CT molecular complexity index is 847. The Morgan fingerprint density at radius 2 is 1.90 bits per heavy atom. The van der Waals surface area contributed by atoms with Crippen molar-refractivity contribution in [3.8, 4) is 0 Å². The van der Waals surface area contributed by atoms with Crippen molar-refractivity contribution in [2.24, 2.45) is 0 Å². The van der Waals surface area contributed by atoms with Gasteiger partial charge in [-0.15, -0.1) is 0 Å². The number of pyridine rings is 1. The summed E-state index contributed by atoms with van der Waals surface area (Å²) in [6.07, 6.45) is 0.909. The Hall–Kier alpha value is -1.45. The maximum atomic E-state index is 13.6. The summed E-state index contributed by atoms with van der Waals surface area (Å²) in [5.41, 5.74) is -1.12. The van der Waals surface area contributed by atoms with Crippen LogP contribution in [0.15, 0.2) is 38.6 Å². The second-order valence-corrected chi connectivity index (χ2v) is 6.81. The van der Waals surface area contributed by atoms with Gasteiger partial charge in [0, 0.05) is 16.7 Å². The summed E-state index contributed by atoms with van der Waals surface area (Å²) in [6, 6.07) is 2.35. The lowest BCUT2D eigenvalue weighted by atomic mass is 10.3. The zero-order chi connectivity index (χ0) is 15.8. The minimum Gasteiger partial charge on any atom is -0.326 e. The number of benzene rings is 1. The second-order valence-electron chi connectivity index (χ2n) is 3.86. The van der Waals surface area contributed by atoms with Gasteiger partial charge in [0.25, 0.3) is 15.6 Å². The number of hydrogen-bond donors (Lipinski definition) is 2. The highest BCUT2D eigenvalue weighted by Crippen LogP contribution is 2.29. The second kappa shape index (κ2) is 5.74. The van der Waals surface area contributed by atoms with Crippen molar-refractivity contribution >= 4 is 43.2 Å². The van der Waals surface area contributed by atoms with Gasteiger partial charge >= 0.3 is 0 Å². The van der Waals surface area contributed by atoms with Gasteiger partial charge in [-0.2, -0.15) is 0 Å². The molecule has 2 N–H and O–H groups in total. The molecule has 0 bridgehead atoms. The average Bonchev–Trinajstić information content (AvgIpc) is 2.37. The molecule has 0 saturated carbocycles. The lowest BCUT2D eigenvalue weighted by molar-refractivity contribution is 0.581. The third-order valence-electron chi connectivity index (χ3n) is 2.39. The molecule has 0 saturated heterocycles. The molecule has 0 fully saturated rings. The molecule has 2 aromatic rings. The van der Waals surface area contributed by atoms with E-state index < -0.39 is 32.9 Å². The van der Waals surface area contributed by atoms with E-state index >= 15 is 0 Å². The van der Waals surface area contributed by atoms with Crippen molar-refractivity contribution < 1.29 is 17.2 Å². The van der Waals surface area contributed by atoms with E-state index in [-0.39, 0.29) is 14.4 Å². The smallest absolute Gasteiger partial charge is 0.266 e. The van der Waals surface area contributed by atoms with E-state index in [2.05, 4.69) is 20.9 Å². The van der Waals surface area contributed by atoms with Crippen molar-refractivity contribution in [1.82, 2.24) is 4.98 Å². The van der Waals surface area contributed by atoms with E-state index in [1.54, 1.807) is 0 Å². The zero-order valence-corrected chi connectivity index (χ0v) is 13.1. The molecule has 0 radical (unpaired) electrons. The zero-order valence-electron chi connectivity index (χ0n) is 9.95. The van der Waals surface area contributed by atoms with Crippen molar-refractivity contribution in [2.75, 3.05) is 4.72 Å². The average molecular weight is 400 g/mol. The lowest BCUT2D eigenvalue weighted by Crippen LogP contribution is -2.17. The van der Waals surface area contributed by atoms with Crippen LogP contribution in [0.4, 0.5) is 14.5 Å². The predicted molar refractivity (Wildman–Crippen MR) is 76.9 cm³/mol. The molecule has 0 aliphatic heterocycles. The Labute approximate surface area is 131 Å². The summed E-state index contributed by atoms with van der Waals surface area (Å²) in [6.45, 7) is 0. The van der Waals surface area contributed by atoms with Crippen LogP contribution in [0.25, 0.3) is 0 Å². The van der Waals surface area contributed by atoms with Crippen LogP contribution in [0, 0.1) is 11.6 Å². The van der Waals surface area contributed by atoms with Crippen LogP contribution < -0.4 is 10.3 Å². The molecule has 5 nitrogen and oxygen atoms in total. The first-order valence-corrected chi connectivity index (χ1v) is 7.92. The molecule has 10 heteroatoms. The minimum atomic E-state index is -4.21. The molecule has 112 valence electrons. The van der Waals surface area contributed by atoms with Crippen LogP contribution in [0.3, 0.4) is 0 Å². The standard InChI is InChI=1S/C11H6BrClF2N2O3S/c12-7-1-5(14)2-9(15)10(7)17-21(19,20)6-3-8(13)11(18)16-4-6/h1-4,17H,(H,16,18). The third-order valence-corrected chi connectivity index (χ3v) is 4.62. The third kappa shape index (κ3) is 3.42. The fourth-order valence-corrected chi connectivity index (χ4v) is 3.38. The van der Waals surface area contributed by atoms with Crippen molar-refractivity contribution in [2.45, 2.75) is 4.90 Å². The van der Waals surface area contributed by atoms with Gasteiger partial charge in [0.05, 0.1) is 5.69 Å². The van der Waals surface area contributed by atoms with Crippen LogP contribution in [0.5, 0.6) is 0 Å². The van der Waals surface area contributed by atoms with E-state index in [0.717, 1.165) is 18.3 Å². The Morgan fingerprint density at radius 3 is 2.48 bits per heavy atom. The molecule has 0 amide bonds. The fraction of sp³-hybridized carbons (Fsp3) is 0. The van der Waals surface area contributed by atoms with Crippen LogP contribution >= 0.6 is 27.5 Å². The van der Waals surface area contributed by atoms with Gasteiger partial charge in [-0.05, 0) is 28.1 Å². The number of halogens is 4. The molecular weight excluding hydrogens is 394 g/mol. The predicted octanol–water partition coefficient (Wildman–Crippen LogP) is 2.87. The Balaban J connectivity index is 2.47. The van der Waals surface area contributed by atoms with E-state index in [1.165, 1.54) is 0 Å². The summed E-state index contributed by atoms with van der Waals surface area (Å²) in [5.74, 6) is -1.96.